The van der Waals surface area contributed by atoms with Crippen molar-refractivity contribution in [2.45, 2.75) is 35.8 Å². The Bertz CT molecular complexity index is 1450. The molecule has 5 rings (SSSR count). The summed E-state index contributed by atoms with van der Waals surface area (Å²) in [6.07, 6.45) is -1.61. The SMILES string of the molecule is CCOC(=O)Cn1c2c(sc1=O)C(c1cccnc1)C1C(=O)N(c3cccc(C(F)(F)F)c3)C(=O)C1S2. The Kier molecular flexibility index (Phi) is 6.44. The summed E-state index contributed by atoms with van der Waals surface area (Å²) in [5.41, 5.74) is -0.605. The van der Waals surface area contributed by atoms with Crippen LogP contribution in [0.3, 0.4) is 0 Å². The van der Waals surface area contributed by atoms with Gasteiger partial charge in [0.1, 0.15) is 11.8 Å². The minimum atomic E-state index is -4.66. The highest BCUT2D eigenvalue weighted by Crippen LogP contribution is 2.53. The Balaban J connectivity index is 1.62. The van der Waals surface area contributed by atoms with Crippen LogP contribution in [-0.4, -0.2) is 39.2 Å². The number of aromatic nitrogens is 2. The summed E-state index contributed by atoms with van der Waals surface area (Å²) in [7, 11) is 0. The van der Waals surface area contributed by atoms with E-state index in [1.165, 1.54) is 23.0 Å². The van der Waals surface area contributed by atoms with Gasteiger partial charge in [-0.15, -0.1) is 0 Å². The molecule has 37 heavy (non-hydrogen) atoms. The standard InChI is InChI=1S/C24H18F3N3O5S2/c1-2-35-15(31)11-29-22-19(37-23(29)34)16(12-5-4-8-28-10-12)17-18(36-22)21(33)30(20(17)32)14-7-3-6-13(9-14)24(25,26)27/h3-10,16-18H,2,11H2,1H3. The Morgan fingerprint density at radius 3 is 2.59 bits per heavy atom. The van der Waals surface area contributed by atoms with Gasteiger partial charge in [0, 0.05) is 23.2 Å². The van der Waals surface area contributed by atoms with E-state index in [2.05, 4.69) is 4.98 Å². The maximum atomic E-state index is 13.7. The Labute approximate surface area is 216 Å². The van der Waals surface area contributed by atoms with Gasteiger partial charge >= 0.3 is 17.0 Å². The van der Waals surface area contributed by atoms with Crippen molar-refractivity contribution in [3.8, 4) is 0 Å². The zero-order valence-electron chi connectivity index (χ0n) is 19.1. The van der Waals surface area contributed by atoms with E-state index in [4.69, 9.17) is 4.74 Å². The number of carbonyl (C=O) groups excluding carboxylic acids is 3. The van der Waals surface area contributed by atoms with E-state index in [1.54, 1.807) is 19.1 Å². The van der Waals surface area contributed by atoms with Gasteiger partial charge in [0.05, 0.1) is 28.8 Å². The van der Waals surface area contributed by atoms with Crippen LogP contribution in [0.2, 0.25) is 0 Å². The van der Waals surface area contributed by atoms with Crippen LogP contribution in [0.25, 0.3) is 0 Å². The molecule has 1 aromatic carbocycles. The van der Waals surface area contributed by atoms with E-state index < -0.39 is 51.5 Å². The molecule has 2 aliphatic heterocycles. The van der Waals surface area contributed by atoms with Gasteiger partial charge in [0.15, 0.2) is 0 Å². The minimum Gasteiger partial charge on any atom is -0.465 e. The van der Waals surface area contributed by atoms with Gasteiger partial charge in [-0.05, 0) is 36.8 Å². The van der Waals surface area contributed by atoms with Gasteiger partial charge in [-0.1, -0.05) is 35.2 Å². The molecule has 3 atom stereocenters. The fourth-order valence-corrected chi connectivity index (χ4v) is 7.36. The molecule has 3 aromatic rings. The van der Waals surface area contributed by atoms with E-state index in [0.717, 1.165) is 46.2 Å². The molecular weight excluding hydrogens is 531 g/mol. The number of imide groups is 1. The van der Waals surface area contributed by atoms with Crippen LogP contribution in [0.15, 0.2) is 58.6 Å². The maximum absolute atomic E-state index is 13.7. The van der Waals surface area contributed by atoms with Crippen LogP contribution in [0.4, 0.5) is 18.9 Å². The van der Waals surface area contributed by atoms with Gasteiger partial charge in [-0.25, -0.2) is 4.90 Å². The summed E-state index contributed by atoms with van der Waals surface area (Å²) in [4.78, 5) is 57.2. The Morgan fingerprint density at radius 1 is 1.14 bits per heavy atom. The maximum Gasteiger partial charge on any atom is 0.416 e. The van der Waals surface area contributed by atoms with E-state index in [-0.39, 0.29) is 18.8 Å². The Morgan fingerprint density at radius 2 is 1.92 bits per heavy atom. The molecule has 0 bridgehead atoms. The number of fused-ring (bicyclic) bond motifs is 2. The number of amides is 2. The zero-order chi connectivity index (χ0) is 26.5. The highest BCUT2D eigenvalue weighted by Gasteiger charge is 2.57. The van der Waals surface area contributed by atoms with Crippen LogP contribution in [0, 0.1) is 5.92 Å². The van der Waals surface area contributed by atoms with Crippen LogP contribution in [0.5, 0.6) is 0 Å². The first-order valence-corrected chi connectivity index (χ1v) is 12.8. The molecule has 0 aliphatic carbocycles. The van der Waals surface area contributed by atoms with E-state index >= 15 is 0 Å². The molecule has 0 spiro atoms. The molecule has 1 fully saturated rings. The number of rotatable bonds is 5. The average molecular weight is 550 g/mol. The van der Waals surface area contributed by atoms with Crippen molar-refractivity contribution >= 4 is 46.6 Å². The summed E-state index contributed by atoms with van der Waals surface area (Å²) in [5.74, 6) is -3.74. The minimum absolute atomic E-state index is 0.120. The first kappa shape index (κ1) is 25.2. The molecule has 2 aliphatic rings. The highest BCUT2D eigenvalue weighted by atomic mass is 32.2. The van der Waals surface area contributed by atoms with Crippen LogP contribution in [-0.2, 0) is 31.8 Å². The number of alkyl halides is 3. The van der Waals surface area contributed by atoms with Crippen molar-refractivity contribution in [3.05, 3.63) is 74.5 Å². The lowest BCUT2D eigenvalue weighted by Gasteiger charge is -2.30. The molecule has 192 valence electrons. The molecule has 8 nitrogen and oxygen atoms in total. The quantitative estimate of drug-likeness (QED) is 0.354. The number of nitrogens with zero attached hydrogens (tertiary/aromatic N) is 3. The summed E-state index contributed by atoms with van der Waals surface area (Å²) < 4.78 is 46.2. The third-order valence-electron chi connectivity index (χ3n) is 6.12. The van der Waals surface area contributed by atoms with Crippen LogP contribution >= 0.6 is 23.1 Å². The van der Waals surface area contributed by atoms with Gasteiger partial charge in [-0.3, -0.25) is 28.7 Å². The van der Waals surface area contributed by atoms with E-state index in [1.807, 2.05) is 0 Å². The number of esters is 1. The molecule has 0 radical (unpaired) electrons. The molecule has 1 saturated heterocycles. The fourth-order valence-electron chi connectivity index (χ4n) is 4.59. The van der Waals surface area contributed by atoms with Gasteiger partial charge in [0.2, 0.25) is 11.8 Å². The number of thioether (sulfide) groups is 1. The van der Waals surface area contributed by atoms with Gasteiger partial charge in [0.25, 0.3) is 0 Å². The smallest absolute Gasteiger partial charge is 0.416 e. The number of ether oxygens (including phenoxy) is 1. The monoisotopic (exact) mass is 549 g/mol. The number of benzene rings is 1. The molecule has 3 unspecified atom stereocenters. The molecule has 2 aromatic heterocycles. The lowest BCUT2D eigenvalue weighted by molar-refractivity contribution is -0.144. The highest BCUT2D eigenvalue weighted by molar-refractivity contribution is 8.00. The predicted octanol–water partition coefficient (Wildman–Crippen LogP) is 3.68. The van der Waals surface area contributed by atoms with Gasteiger partial charge in [-0.2, -0.15) is 13.2 Å². The molecule has 13 heteroatoms. The van der Waals surface area contributed by atoms with E-state index in [0.29, 0.717) is 15.5 Å². The van der Waals surface area contributed by atoms with Crippen LogP contribution < -0.4 is 9.77 Å². The Hall–Kier alpha value is -3.45. The zero-order valence-corrected chi connectivity index (χ0v) is 20.7. The predicted molar refractivity (Wildman–Crippen MR) is 128 cm³/mol. The number of hydrogen-bond donors (Lipinski definition) is 0. The topological polar surface area (TPSA) is 98.6 Å². The van der Waals surface area contributed by atoms with Crippen molar-refractivity contribution < 1.29 is 32.3 Å². The lowest BCUT2D eigenvalue weighted by atomic mass is 9.84. The normalized spacial score (nSPS) is 21.1. The van der Waals surface area contributed by atoms with Crippen molar-refractivity contribution in [2.24, 2.45) is 5.92 Å². The molecule has 2 amide bonds. The summed E-state index contributed by atoms with van der Waals surface area (Å²) in [6, 6.07) is 7.40. The first-order chi connectivity index (χ1) is 17.6. The van der Waals surface area contributed by atoms with E-state index in [9.17, 15) is 32.3 Å². The largest absolute Gasteiger partial charge is 0.465 e. The fraction of sp³-hybridized carbons (Fsp3) is 0.292. The lowest BCUT2D eigenvalue weighted by Crippen LogP contribution is -2.32. The summed E-state index contributed by atoms with van der Waals surface area (Å²) in [5, 5.41) is -0.674. The van der Waals surface area contributed by atoms with Crippen molar-refractivity contribution in [1.82, 2.24) is 9.55 Å². The number of hydrogen-bond acceptors (Lipinski definition) is 8. The number of anilines is 1. The second-order valence-electron chi connectivity index (χ2n) is 8.32. The van der Waals surface area contributed by atoms with Crippen molar-refractivity contribution in [2.75, 3.05) is 11.5 Å². The number of pyridine rings is 1. The summed E-state index contributed by atoms with van der Waals surface area (Å²) >= 11 is 1.82. The number of halogens is 3. The second kappa shape index (κ2) is 9.45. The third-order valence-corrected chi connectivity index (χ3v) is 8.72. The number of thiazole rings is 1. The molecule has 0 N–H and O–H groups in total. The summed E-state index contributed by atoms with van der Waals surface area (Å²) in [6.45, 7) is 1.38. The molecule has 0 saturated carbocycles. The molecule has 4 heterocycles. The van der Waals surface area contributed by atoms with Crippen molar-refractivity contribution in [3.63, 3.8) is 0 Å². The van der Waals surface area contributed by atoms with Gasteiger partial charge < -0.3 is 4.74 Å². The average Bonchev–Trinajstić information content (AvgIpc) is 3.30. The second-order valence-corrected chi connectivity index (χ2v) is 10.4. The first-order valence-electron chi connectivity index (χ1n) is 11.1. The molecular formula is C24H18F3N3O5S2. The van der Waals surface area contributed by atoms with Crippen LogP contribution in [0.1, 0.15) is 28.8 Å². The third kappa shape index (κ3) is 4.35. The van der Waals surface area contributed by atoms with Crippen molar-refractivity contribution in [1.29, 1.82) is 0 Å². The number of carbonyl (C=O) groups is 3.